The van der Waals surface area contributed by atoms with Crippen LogP contribution in [0.5, 0.6) is 0 Å². The number of likely N-dealkylation sites (N-methyl/N-ethyl adjacent to an activating group) is 1. The molecule has 2 amide bonds. The average molecular weight is 289 g/mol. The molecule has 114 valence electrons. The van der Waals surface area contributed by atoms with Gasteiger partial charge in [0.2, 0.25) is 11.8 Å². The molecule has 5 heteroatoms. The van der Waals surface area contributed by atoms with E-state index in [-0.39, 0.29) is 24.8 Å². The Hall–Kier alpha value is -1.72. The summed E-state index contributed by atoms with van der Waals surface area (Å²) < 4.78 is 0. The molecular formula is C16H23N3O2. The molecular weight excluding hydrogens is 266 g/mol. The molecule has 1 aliphatic rings. The van der Waals surface area contributed by atoms with Crippen molar-refractivity contribution in [2.75, 3.05) is 26.7 Å². The van der Waals surface area contributed by atoms with Crippen molar-refractivity contribution >= 4 is 11.8 Å². The topological polar surface area (TPSA) is 61.4 Å². The first-order valence-electron chi connectivity index (χ1n) is 7.42. The zero-order valence-corrected chi connectivity index (χ0v) is 12.5. The van der Waals surface area contributed by atoms with Gasteiger partial charge in [0.15, 0.2) is 0 Å². The van der Waals surface area contributed by atoms with E-state index in [1.54, 1.807) is 0 Å². The van der Waals surface area contributed by atoms with Crippen molar-refractivity contribution in [1.82, 2.24) is 15.5 Å². The fourth-order valence-corrected chi connectivity index (χ4v) is 2.59. The summed E-state index contributed by atoms with van der Waals surface area (Å²) in [6.45, 7) is 2.21. The molecule has 1 aromatic rings. The van der Waals surface area contributed by atoms with Gasteiger partial charge in [-0.1, -0.05) is 30.3 Å². The van der Waals surface area contributed by atoms with E-state index < -0.39 is 0 Å². The Balaban J connectivity index is 1.74. The molecule has 5 nitrogen and oxygen atoms in total. The highest BCUT2D eigenvalue weighted by molar-refractivity contribution is 5.96. The standard InChI is InChI=1S/C16H23N3O2/c1-19(14-8-5-9-17-11-14)12-16(21)18-15(20)10-13-6-3-2-4-7-13/h2-4,6-7,14,17H,5,8-12H2,1H3,(H,18,20,21). The molecule has 1 aliphatic heterocycles. The molecule has 0 spiro atoms. The summed E-state index contributed by atoms with van der Waals surface area (Å²) >= 11 is 0. The molecule has 0 aliphatic carbocycles. The number of carbonyl (C=O) groups is 2. The first kappa shape index (κ1) is 15.7. The van der Waals surface area contributed by atoms with Crippen LogP contribution in [0, 0.1) is 0 Å². The number of nitrogens with one attached hydrogen (secondary N) is 2. The summed E-state index contributed by atoms with van der Waals surface area (Å²) in [5.41, 5.74) is 0.910. The summed E-state index contributed by atoms with van der Waals surface area (Å²) in [5.74, 6) is -0.481. The molecule has 0 radical (unpaired) electrons. The molecule has 1 fully saturated rings. The van der Waals surface area contributed by atoms with Gasteiger partial charge in [0.05, 0.1) is 13.0 Å². The van der Waals surface area contributed by atoms with Gasteiger partial charge in [-0.3, -0.25) is 19.8 Å². The van der Waals surface area contributed by atoms with Crippen LogP contribution in [-0.2, 0) is 16.0 Å². The molecule has 1 heterocycles. The van der Waals surface area contributed by atoms with Crippen molar-refractivity contribution in [2.45, 2.75) is 25.3 Å². The zero-order chi connectivity index (χ0) is 15.1. The Morgan fingerprint density at radius 1 is 1.29 bits per heavy atom. The van der Waals surface area contributed by atoms with E-state index in [1.165, 1.54) is 0 Å². The van der Waals surface area contributed by atoms with Crippen molar-refractivity contribution in [3.8, 4) is 0 Å². The lowest BCUT2D eigenvalue weighted by atomic mass is 10.1. The van der Waals surface area contributed by atoms with Crippen molar-refractivity contribution in [3.05, 3.63) is 35.9 Å². The van der Waals surface area contributed by atoms with Crippen molar-refractivity contribution in [2.24, 2.45) is 0 Å². The highest BCUT2D eigenvalue weighted by atomic mass is 16.2. The minimum Gasteiger partial charge on any atom is -0.315 e. The average Bonchev–Trinajstić information content (AvgIpc) is 2.48. The lowest BCUT2D eigenvalue weighted by Crippen LogP contribution is -2.48. The predicted molar refractivity (Wildman–Crippen MR) is 81.8 cm³/mol. The normalized spacial score (nSPS) is 18.5. The summed E-state index contributed by atoms with van der Waals surface area (Å²) in [4.78, 5) is 25.7. The van der Waals surface area contributed by atoms with E-state index in [4.69, 9.17) is 0 Å². The summed E-state index contributed by atoms with van der Waals surface area (Å²) in [6.07, 6.45) is 2.46. The van der Waals surface area contributed by atoms with Crippen LogP contribution in [0.1, 0.15) is 18.4 Å². The molecule has 1 unspecified atom stereocenters. The second kappa shape index (κ2) is 7.90. The van der Waals surface area contributed by atoms with Gasteiger partial charge < -0.3 is 5.32 Å². The highest BCUT2D eigenvalue weighted by Gasteiger charge is 2.20. The molecule has 2 rings (SSSR count). The van der Waals surface area contributed by atoms with Crippen LogP contribution < -0.4 is 10.6 Å². The van der Waals surface area contributed by atoms with Gasteiger partial charge in [0.1, 0.15) is 0 Å². The number of nitrogens with zero attached hydrogens (tertiary/aromatic N) is 1. The van der Waals surface area contributed by atoms with Crippen molar-refractivity contribution in [1.29, 1.82) is 0 Å². The Morgan fingerprint density at radius 2 is 2.05 bits per heavy atom. The van der Waals surface area contributed by atoms with Gasteiger partial charge in [0, 0.05) is 12.6 Å². The number of hydrogen-bond acceptors (Lipinski definition) is 4. The first-order valence-corrected chi connectivity index (χ1v) is 7.42. The van der Waals surface area contributed by atoms with E-state index in [9.17, 15) is 9.59 Å². The quantitative estimate of drug-likeness (QED) is 0.831. The molecule has 1 atom stereocenters. The fourth-order valence-electron chi connectivity index (χ4n) is 2.59. The van der Waals surface area contributed by atoms with Crippen LogP contribution in [-0.4, -0.2) is 49.4 Å². The van der Waals surface area contributed by atoms with E-state index in [2.05, 4.69) is 10.6 Å². The monoisotopic (exact) mass is 289 g/mol. The minimum absolute atomic E-state index is 0.232. The van der Waals surface area contributed by atoms with Crippen LogP contribution in [0.4, 0.5) is 0 Å². The smallest absolute Gasteiger partial charge is 0.240 e. The van der Waals surface area contributed by atoms with Gasteiger partial charge in [-0.15, -0.1) is 0 Å². The van der Waals surface area contributed by atoms with Gasteiger partial charge in [-0.2, -0.15) is 0 Å². The van der Waals surface area contributed by atoms with Crippen LogP contribution in [0.3, 0.4) is 0 Å². The number of benzene rings is 1. The lowest BCUT2D eigenvalue weighted by Gasteiger charge is -2.31. The number of carbonyl (C=O) groups excluding carboxylic acids is 2. The van der Waals surface area contributed by atoms with E-state index in [0.717, 1.165) is 31.5 Å². The van der Waals surface area contributed by atoms with Gasteiger partial charge in [0.25, 0.3) is 0 Å². The third kappa shape index (κ3) is 5.28. The summed E-state index contributed by atoms with van der Waals surface area (Å²) in [5, 5.41) is 5.78. The zero-order valence-electron chi connectivity index (χ0n) is 12.5. The maximum atomic E-state index is 11.9. The Kier molecular flexibility index (Phi) is 5.90. The van der Waals surface area contributed by atoms with Crippen LogP contribution in [0.25, 0.3) is 0 Å². The molecule has 1 saturated heterocycles. The molecule has 21 heavy (non-hydrogen) atoms. The maximum absolute atomic E-state index is 11.9. The second-order valence-electron chi connectivity index (χ2n) is 5.55. The number of rotatable bonds is 5. The molecule has 0 bridgehead atoms. The number of hydrogen-bond donors (Lipinski definition) is 2. The van der Waals surface area contributed by atoms with Crippen LogP contribution in [0.15, 0.2) is 30.3 Å². The number of imide groups is 1. The summed E-state index contributed by atoms with van der Waals surface area (Å²) in [7, 11) is 1.93. The molecule has 1 aromatic carbocycles. The van der Waals surface area contributed by atoms with E-state index >= 15 is 0 Å². The summed E-state index contributed by atoms with van der Waals surface area (Å²) in [6, 6.07) is 9.80. The van der Waals surface area contributed by atoms with Gasteiger partial charge in [-0.25, -0.2) is 0 Å². The first-order chi connectivity index (χ1) is 10.1. The largest absolute Gasteiger partial charge is 0.315 e. The van der Waals surface area contributed by atoms with Gasteiger partial charge >= 0.3 is 0 Å². The van der Waals surface area contributed by atoms with Crippen molar-refractivity contribution < 1.29 is 9.59 Å². The minimum atomic E-state index is -0.249. The third-order valence-electron chi connectivity index (χ3n) is 3.77. The Labute approximate surface area is 125 Å². The third-order valence-corrected chi connectivity index (χ3v) is 3.77. The Bertz CT molecular complexity index is 470. The van der Waals surface area contributed by atoms with Crippen LogP contribution in [0.2, 0.25) is 0 Å². The molecule has 0 saturated carbocycles. The SMILES string of the molecule is CN(CC(=O)NC(=O)Cc1ccccc1)C1CCCNC1. The van der Waals surface area contributed by atoms with E-state index in [0.29, 0.717) is 6.04 Å². The van der Waals surface area contributed by atoms with Crippen molar-refractivity contribution in [3.63, 3.8) is 0 Å². The second-order valence-corrected chi connectivity index (χ2v) is 5.55. The Morgan fingerprint density at radius 3 is 2.71 bits per heavy atom. The van der Waals surface area contributed by atoms with E-state index in [1.807, 2.05) is 42.3 Å². The number of amides is 2. The fraction of sp³-hybridized carbons (Fsp3) is 0.500. The maximum Gasteiger partial charge on any atom is 0.240 e. The number of piperidine rings is 1. The predicted octanol–water partition coefficient (Wildman–Crippen LogP) is 0.556. The van der Waals surface area contributed by atoms with Crippen LogP contribution >= 0.6 is 0 Å². The van der Waals surface area contributed by atoms with Gasteiger partial charge in [-0.05, 0) is 32.0 Å². The molecule has 0 aromatic heterocycles. The lowest BCUT2D eigenvalue weighted by molar-refractivity contribution is -0.130. The highest BCUT2D eigenvalue weighted by Crippen LogP contribution is 2.07. The molecule has 2 N–H and O–H groups in total.